The summed E-state index contributed by atoms with van der Waals surface area (Å²) in [5, 5.41) is 0. The van der Waals surface area contributed by atoms with E-state index in [9.17, 15) is 0 Å². The van der Waals surface area contributed by atoms with E-state index in [0.29, 0.717) is 0 Å². The summed E-state index contributed by atoms with van der Waals surface area (Å²) in [6.07, 6.45) is 0. The Morgan fingerprint density at radius 1 is 0.778 bits per heavy atom. The predicted octanol–water partition coefficient (Wildman–Crippen LogP) is 2.15. The highest BCUT2D eigenvalue weighted by Crippen LogP contribution is 2.16. The van der Waals surface area contributed by atoms with Crippen LogP contribution in [0.15, 0.2) is 41.9 Å². The van der Waals surface area contributed by atoms with E-state index in [-0.39, 0.29) is 0 Å². The molecule has 0 radical (unpaired) electrons. The van der Waals surface area contributed by atoms with Crippen LogP contribution >= 0.6 is 0 Å². The van der Waals surface area contributed by atoms with Gasteiger partial charge in [-0.05, 0) is 0 Å². The highest BCUT2D eigenvalue weighted by atomic mass is 15.3. The van der Waals surface area contributed by atoms with Gasteiger partial charge in [-0.1, -0.05) is 36.1 Å². The van der Waals surface area contributed by atoms with E-state index in [4.69, 9.17) is 0 Å². The Hall–Kier alpha value is -1.86. The Labute approximate surface area is 111 Å². The maximum atomic E-state index is 3.48. The smallest absolute Gasteiger partial charge is 0.150 e. The fourth-order valence-electron chi connectivity index (χ4n) is 1.77. The second-order valence-corrected chi connectivity index (χ2v) is 4.85. The minimum atomic E-state index is 1.04. The van der Waals surface area contributed by atoms with Gasteiger partial charge in [0, 0.05) is 47.8 Å². The van der Waals surface area contributed by atoms with Crippen molar-refractivity contribution in [1.82, 2.24) is 14.7 Å². The van der Waals surface area contributed by atoms with Crippen molar-refractivity contribution >= 4 is 5.70 Å². The maximum Gasteiger partial charge on any atom is 0.150 e. The molecule has 18 heavy (non-hydrogen) atoms. The van der Waals surface area contributed by atoms with Crippen molar-refractivity contribution in [3.63, 3.8) is 0 Å². The van der Waals surface area contributed by atoms with E-state index >= 15 is 0 Å². The fraction of sp³-hybridized carbons (Fsp3) is 0.400. The molecule has 0 heterocycles. The topological polar surface area (TPSA) is 9.72 Å². The molecule has 3 heteroatoms. The Morgan fingerprint density at radius 2 is 1.28 bits per heavy atom. The van der Waals surface area contributed by atoms with E-state index in [1.165, 1.54) is 5.56 Å². The van der Waals surface area contributed by atoms with Gasteiger partial charge in [0.1, 0.15) is 0 Å². The molecule has 0 amide bonds. The van der Waals surface area contributed by atoms with Crippen molar-refractivity contribution in [3.05, 3.63) is 47.4 Å². The lowest BCUT2D eigenvalue weighted by atomic mass is 10.1. The van der Waals surface area contributed by atoms with Crippen LogP contribution in [-0.4, -0.2) is 57.0 Å². The first kappa shape index (κ1) is 14.2. The van der Waals surface area contributed by atoms with Gasteiger partial charge < -0.3 is 14.7 Å². The second-order valence-electron chi connectivity index (χ2n) is 4.85. The lowest BCUT2D eigenvalue weighted by molar-refractivity contribution is 0.344. The van der Waals surface area contributed by atoms with Gasteiger partial charge in [-0.15, -0.1) is 0 Å². The van der Waals surface area contributed by atoms with Gasteiger partial charge in [-0.3, -0.25) is 0 Å². The standard InChI is InChI=1S/C15H23N3/c1-16(2)14(13-10-8-7-9-11-13)12-15(17(3)4)18(5)6/h7-11H,1-6H3. The van der Waals surface area contributed by atoms with Crippen LogP contribution in [0.2, 0.25) is 0 Å². The molecule has 0 spiro atoms. The van der Waals surface area contributed by atoms with Crippen LogP contribution in [0.4, 0.5) is 0 Å². The first-order valence-corrected chi connectivity index (χ1v) is 6.01. The Morgan fingerprint density at radius 3 is 1.67 bits per heavy atom. The van der Waals surface area contributed by atoms with E-state index in [1.54, 1.807) is 0 Å². The van der Waals surface area contributed by atoms with Gasteiger partial charge in [0.05, 0.1) is 5.70 Å². The summed E-state index contributed by atoms with van der Waals surface area (Å²) in [5.41, 5.74) is 5.73. The molecular formula is C15H23N3. The Bertz CT molecular complexity index is 428. The summed E-state index contributed by atoms with van der Waals surface area (Å²) < 4.78 is 0. The molecule has 0 saturated carbocycles. The van der Waals surface area contributed by atoms with E-state index in [2.05, 4.69) is 32.6 Å². The highest BCUT2D eigenvalue weighted by Gasteiger charge is 2.06. The molecule has 1 aromatic carbocycles. The van der Waals surface area contributed by atoms with Crippen LogP contribution in [0.3, 0.4) is 0 Å². The number of rotatable bonds is 4. The summed E-state index contributed by atoms with van der Waals surface area (Å²) >= 11 is 0. The molecule has 0 atom stereocenters. The van der Waals surface area contributed by atoms with Crippen molar-refractivity contribution in [2.45, 2.75) is 0 Å². The summed E-state index contributed by atoms with van der Waals surface area (Å²) in [5.74, 6) is 1.04. The minimum absolute atomic E-state index is 1.04. The van der Waals surface area contributed by atoms with Gasteiger partial charge in [-0.25, -0.2) is 0 Å². The summed E-state index contributed by atoms with van der Waals surface area (Å²) in [6, 6.07) is 10.3. The second kappa shape index (κ2) is 6.18. The first-order chi connectivity index (χ1) is 8.43. The Balaban J connectivity index is 3.40. The molecule has 0 aromatic heterocycles. The molecule has 3 nitrogen and oxygen atoms in total. The third-order valence-electron chi connectivity index (χ3n) is 2.57. The van der Waals surface area contributed by atoms with Crippen molar-refractivity contribution < 1.29 is 0 Å². The van der Waals surface area contributed by atoms with E-state index in [1.807, 2.05) is 60.5 Å². The number of hydrogen-bond donors (Lipinski definition) is 0. The predicted molar refractivity (Wildman–Crippen MR) is 77.9 cm³/mol. The Kier molecular flexibility index (Phi) is 4.87. The monoisotopic (exact) mass is 245 g/mol. The molecule has 0 fully saturated rings. The van der Waals surface area contributed by atoms with Gasteiger partial charge in [0.15, 0.2) is 5.82 Å². The van der Waals surface area contributed by atoms with Crippen LogP contribution in [0, 0.1) is 0 Å². The van der Waals surface area contributed by atoms with Gasteiger partial charge >= 0.3 is 0 Å². The van der Waals surface area contributed by atoms with Crippen molar-refractivity contribution in [2.24, 2.45) is 0 Å². The molecule has 0 aliphatic rings. The zero-order valence-corrected chi connectivity index (χ0v) is 12.2. The van der Waals surface area contributed by atoms with Crippen LogP contribution in [0.1, 0.15) is 5.56 Å². The van der Waals surface area contributed by atoms with Crippen molar-refractivity contribution in [2.75, 3.05) is 42.3 Å². The summed E-state index contributed by atoms with van der Waals surface area (Å²) in [4.78, 5) is 6.21. The molecule has 1 aromatic rings. The molecule has 0 N–H and O–H groups in total. The van der Waals surface area contributed by atoms with Crippen LogP contribution in [0.25, 0.3) is 5.70 Å². The number of benzene rings is 1. The van der Waals surface area contributed by atoms with E-state index < -0.39 is 0 Å². The van der Waals surface area contributed by atoms with E-state index in [0.717, 1.165) is 11.5 Å². The average molecular weight is 245 g/mol. The number of nitrogens with zero attached hydrogens (tertiary/aromatic N) is 3. The molecule has 0 unspecified atom stereocenters. The quantitative estimate of drug-likeness (QED) is 0.753. The third-order valence-corrected chi connectivity index (χ3v) is 2.57. The van der Waals surface area contributed by atoms with Crippen molar-refractivity contribution in [3.8, 4) is 0 Å². The average Bonchev–Trinajstić information content (AvgIpc) is 2.29. The zero-order chi connectivity index (χ0) is 13.7. The lowest BCUT2D eigenvalue weighted by Gasteiger charge is -2.23. The largest absolute Gasteiger partial charge is 0.371 e. The molecule has 0 saturated heterocycles. The maximum absolute atomic E-state index is 3.48. The molecule has 1 rings (SSSR count). The summed E-state index contributed by atoms with van der Waals surface area (Å²) in [7, 11) is 12.2. The summed E-state index contributed by atoms with van der Waals surface area (Å²) in [6.45, 7) is 0. The van der Waals surface area contributed by atoms with Crippen LogP contribution < -0.4 is 0 Å². The zero-order valence-electron chi connectivity index (χ0n) is 12.2. The molecule has 0 aliphatic heterocycles. The minimum Gasteiger partial charge on any atom is -0.371 e. The van der Waals surface area contributed by atoms with Crippen LogP contribution in [-0.2, 0) is 0 Å². The third kappa shape index (κ3) is 3.57. The first-order valence-electron chi connectivity index (χ1n) is 6.01. The van der Waals surface area contributed by atoms with Gasteiger partial charge in [0.25, 0.3) is 0 Å². The SMILES string of the molecule is CN(C)C(=C=C(N(C)C)N(C)C)c1ccccc1. The van der Waals surface area contributed by atoms with Crippen LogP contribution in [0.5, 0.6) is 0 Å². The highest BCUT2D eigenvalue weighted by molar-refractivity contribution is 5.63. The molecular weight excluding hydrogens is 222 g/mol. The lowest BCUT2D eigenvalue weighted by Crippen LogP contribution is -2.24. The number of hydrogen-bond acceptors (Lipinski definition) is 3. The molecule has 0 aliphatic carbocycles. The fourth-order valence-corrected chi connectivity index (χ4v) is 1.77. The van der Waals surface area contributed by atoms with Crippen molar-refractivity contribution in [1.29, 1.82) is 0 Å². The molecule has 0 bridgehead atoms. The van der Waals surface area contributed by atoms with Gasteiger partial charge in [-0.2, -0.15) is 0 Å². The van der Waals surface area contributed by atoms with Gasteiger partial charge in [0.2, 0.25) is 0 Å². The normalized spacial score (nSPS) is 9.44. The molecule has 98 valence electrons.